The highest BCUT2D eigenvalue weighted by Crippen LogP contribution is 2.28. The average molecular weight is 243 g/mol. The van der Waals surface area contributed by atoms with E-state index in [1.165, 1.54) is 37.7 Å². The van der Waals surface area contributed by atoms with Gasteiger partial charge in [-0.15, -0.1) is 0 Å². The van der Waals surface area contributed by atoms with Gasteiger partial charge in [-0.3, -0.25) is 4.40 Å². The van der Waals surface area contributed by atoms with E-state index in [0.717, 1.165) is 29.5 Å². The van der Waals surface area contributed by atoms with Gasteiger partial charge in [0.25, 0.3) is 0 Å². The van der Waals surface area contributed by atoms with Crippen molar-refractivity contribution in [2.24, 2.45) is 5.92 Å². The smallest absolute Gasteiger partial charge is 0.138 e. The number of pyridine rings is 1. The summed E-state index contributed by atoms with van der Waals surface area (Å²) in [6, 6.07) is 4.14. The fraction of sp³-hybridized carbons (Fsp3) is 0.533. The van der Waals surface area contributed by atoms with Gasteiger partial charge in [0, 0.05) is 6.20 Å². The van der Waals surface area contributed by atoms with Gasteiger partial charge in [0.1, 0.15) is 11.5 Å². The van der Waals surface area contributed by atoms with Crippen molar-refractivity contribution >= 4 is 11.5 Å². The minimum absolute atomic E-state index is 0.784. The van der Waals surface area contributed by atoms with E-state index in [-0.39, 0.29) is 0 Å². The number of aryl methyl sites for hydroxylation is 1. The predicted molar refractivity (Wildman–Crippen MR) is 74.6 cm³/mol. The Labute approximate surface area is 108 Å². The zero-order valence-electron chi connectivity index (χ0n) is 11.0. The van der Waals surface area contributed by atoms with Crippen LogP contribution in [-0.2, 0) is 6.42 Å². The Balaban J connectivity index is 1.89. The molecule has 0 unspecified atom stereocenters. The molecule has 2 heterocycles. The lowest BCUT2D eigenvalue weighted by Gasteiger charge is -2.20. The van der Waals surface area contributed by atoms with Crippen LogP contribution in [0, 0.1) is 12.8 Å². The molecule has 0 atom stereocenters. The van der Waals surface area contributed by atoms with E-state index in [9.17, 15) is 0 Å². The molecule has 1 fully saturated rings. The number of anilines is 1. The number of nitrogens with zero attached hydrogens (tertiary/aromatic N) is 2. The first-order chi connectivity index (χ1) is 8.74. The summed E-state index contributed by atoms with van der Waals surface area (Å²) in [5.74, 6) is 1.62. The number of nitrogens with two attached hydrogens (primary N) is 1. The molecule has 3 nitrogen and oxygen atoms in total. The number of hydrogen-bond donors (Lipinski definition) is 1. The highest BCUT2D eigenvalue weighted by atomic mass is 15.1. The van der Waals surface area contributed by atoms with Crippen LogP contribution in [0.1, 0.15) is 43.4 Å². The molecule has 96 valence electrons. The van der Waals surface area contributed by atoms with Gasteiger partial charge < -0.3 is 5.73 Å². The molecule has 2 aromatic rings. The normalized spacial score (nSPS) is 17.4. The SMILES string of the molecule is Cc1ccc2nc(CC3CCCCC3)c(N)n2c1. The largest absolute Gasteiger partial charge is 0.383 e. The van der Waals surface area contributed by atoms with E-state index in [1.54, 1.807) is 0 Å². The first-order valence-corrected chi connectivity index (χ1v) is 6.97. The summed E-state index contributed by atoms with van der Waals surface area (Å²) in [7, 11) is 0. The molecule has 0 saturated heterocycles. The Kier molecular flexibility index (Phi) is 2.98. The molecule has 2 N–H and O–H groups in total. The maximum Gasteiger partial charge on any atom is 0.138 e. The Hall–Kier alpha value is -1.51. The average Bonchev–Trinajstić information content (AvgIpc) is 2.68. The summed E-state index contributed by atoms with van der Waals surface area (Å²) < 4.78 is 2.02. The van der Waals surface area contributed by atoms with Crippen molar-refractivity contribution in [3.63, 3.8) is 0 Å². The first kappa shape index (κ1) is 11.6. The summed E-state index contributed by atoms with van der Waals surface area (Å²) >= 11 is 0. The minimum Gasteiger partial charge on any atom is -0.383 e. The standard InChI is InChI=1S/C15H21N3/c1-11-7-8-14-17-13(15(16)18(14)10-11)9-12-5-3-2-4-6-12/h7-8,10,12H,2-6,9,16H2,1H3. The zero-order valence-corrected chi connectivity index (χ0v) is 11.0. The molecule has 1 saturated carbocycles. The second kappa shape index (κ2) is 4.63. The maximum atomic E-state index is 6.23. The molecular weight excluding hydrogens is 222 g/mol. The highest BCUT2D eigenvalue weighted by Gasteiger charge is 2.18. The van der Waals surface area contributed by atoms with Crippen molar-refractivity contribution in [3.8, 4) is 0 Å². The van der Waals surface area contributed by atoms with E-state index >= 15 is 0 Å². The van der Waals surface area contributed by atoms with Crippen LogP contribution in [0.2, 0.25) is 0 Å². The lowest BCUT2D eigenvalue weighted by molar-refractivity contribution is 0.355. The second-order valence-electron chi connectivity index (χ2n) is 5.59. The van der Waals surface area contributed by atoms with E-state index in [2.05, 4.69) is 30.2 Å². The van der Waals surface area contributed by atoms with Gasteiger partial charge in [-0.05, 0) is 30.9 Å². The van der Waals surface area contributed by atoms with E-state index in [1.807, 2.05) is 4.40 Å². The number of imidazole rings is 1. The van der Waals surface area contributed by atoms with Gasteiger partial charge in [-0.1, -0.05) is 38.2 Å². The number of rotatable bonds is 2. The van der Waals surface area contributed by atoms with Gasteiger partial charge in [0.05, 0.1) is 5.69 Å². The van der Waals surface area contributed by atoms with E-state index in [4.69, 9.17) is 5.73 Å². The third kappa shape index (κ3) is 2.09. The van der Waals surface area contributed by atoms with Crippen molar-refractivity contribution in [3.05, 3.63) is 29.6 Å². The Morgan fingerprint density at radius 2 is 2.06 bits per heavy atom. The molecule has 1 aliphatic carbocycles. The highest BCUT2D eigenvalue weighted by molar-refractivity contribution is 5.53. The molecule has 0 amide bonds. The molecule has 1 aliphatic rings. The van der Waals surface area contributed by atoms with Crippen molar-refractivity contribution in [1.29, 1.82) is 0 Å². The lowest BCUT2D eigenvalue weighted by atomic mass is 9.86. The van der Waals surface area contributed by atoms with Crippen LogP contribution >= 0.6 is 0 Å². The van der Waals surface area contributed by atoms with Crippen molar-refractivity contribution < 1.29 is 0 Å². The molecule has 3 heteroatoms. The minimum atomic E-state index is 0.784. The van der Waals surface area contributed by atoms with Crippen LogP contribution in [0.3, 0.4) is 0 Å². The summed E-state index contributed by atoms with van der Waals surface area (Å²) in [6.45, 7) is 2.08. The summed E-state index contributed by atoms with van der Waals surface area (Å²) in [5, 5.41) is 0. The third-order valence-corrected chi connectivity index (χ3v) is 4.09. The van der Waals surface area contributed by atoms with Crippen molar-refractivity contribution in [1.82, 2.24) is 9.38 Å². The third-order valence-electron chi connectivity index (χ3n) is 4.09. The predicted octanol–water partition coefficient (Wildman–Crippen LogP) is 3.35. The van der Waals surface area contributed by atoms with E-state index < -0.39 is 0 Å². The Morgan fingerprint density at radius 1 is 1.28 bits per heavy atom. The maximum absolute atomic E-state index is 6.23. The first-order valence-electron chi connectivity index (χ1n) is 6.97. The van der Waals surface area contributed by atoms with Crippen LogP contribution in [0.15, 0.2) is 18.3 Å². The number of aromatic nitrogens is 2. The monoisotopic (exact) mass is 243 g/mol. The van der Waals surface area contributed by atoms with Crippen LogP contribution in [0.4, 0.5) is 5.82 Å². The number of fused-ring (bicyclic) bond motifs is 1. The lowest BCUT2D eigenvalue weighted by Crippen LogP contribution is -2.10. The number of hydrogen-bond acceptors (Lipinski definition) is 2. The van der Waals surface area contributed by atoms with E-state index in [0.29, 0.717) is 0 Å². The van der Waals surface area contributed by atoms with Gasteiger partial charge >= 0.3 is 0 Å². The molecule has 0 aliphatic heterocycles. The Bertz CT molecular complexity index is 550. The van der Waals surface area contributed by atoms with Crippen LogP contribution in [0.5, 0.6) is 0 Å². The number of nitrogen functional groups attached to an aromatic ring is 1. The summed E-state index contributed by atoms with van der Waals surface area (Å²) in [6.07, 6.45) is 9.94. The molecule has 0 radical (unpaired) electrons. The van der Waals surface area contributed by atoms with Gasteiger partial charge in [0.2, 0.25) is 0 Å². The fourth-order valence-electron chi connectivity index (χ4n) is 3.03. The van der Waals surface area contributed by atoms with Crippen molar-refractivity contribution in [2.75, 3.05) is 5.73 Å². The van der Waals surface area contributed by atoms with Gasteiger partial charge in [-0.25, -0.2) is 4.98 Å². The van der Waals surface area contributed by atoms with Crippen LogP contribution in [-0.4, -0.2) is 9.38 Å². The van der Waals surface area contributed by atoms with Gasteiger partial charge in [-0.2, -0.15) is 0 Å². The molecule has 0 bridgehead atoms. The fourth-order valence-corrected chi connectivity index (χ4v) is 3.03. The Morgan fingerprint density at radius 3 is 2.83 bits per heavy atom. The van der Waals surface area contributed by atoms with Gasteiger partial charge in [0.15, 0.2) is 0 Å². The molecule has 3 rings (SSSR count). The topological polar surface area (TPSA) is 43.3 Å². The second-order valence-corrected chi connectivity index (χ2v) is 5.59. The molecule has 2 aromatic heterocycles. The van der Waals surface area contributed by atoms with Crippen molar-refractivity contribution in [2.45, 2.75) is 45.4 Å². The zero-order chi connectivity index (χ0) is 12.5. The summed E-state index contributed by atoms with van der Waals surface area (Å²) in [4.78, 5) is 4.69. The quantitative estimate of drug-likeness (QED) is 0.879. The summed E-state index contributed by atoms with van der Waals surface area (Å²) in [5.41, 5.74) is 9.51. The van der Waals surface area contributed by atoms with Crippen LogP contribution in [0.25, 0.3) is 5.65 Å². The molecule has 0 spiro atoms. The molecule has 18 heavy (non-hydrogen) atoms. The molecular formula is C15H21N3. The van der Waals surface area contributed by atoms with Crippen LogP contribution < -0.4 is 5.73 Å². The molecule has 0 aromatic carbocycles.